The molecule has 0 saturated carbocycles. The van der Waals surface area contributed by atoms with Gasteiger partial charge in [-0.1, -0.05) is 20.8 Å². The molecule has 0 aliphatic heterocycles. The predicted molar refractivity (Wildman–Crippen MR) is 40.0 cm³/mol. The molecular weight excluding hydrogens is 131 g/mol. The van der Waals surface area contributed by atoms with Gasteiger partial charge in [0.05, 0.1) is 0 Å². The first kappa shape index (κ1) is 10.5. The monoisotopic (exact) mass is 144 g/mol. The minimum absolute atomic E-state index is 0. The standard InChI is InChI=1S/C9H13.Na/c1-9(2,3)8-6-4-5-7-8;/h4,6H,5H2,1-3H3;/q-1;+1. The molecule has 0 aromatic rings. The van der Waals surface area contributed by atoms with Gasteiger partial charge in [-0.15, -0.1) is 6.42 Å². The quantitative estimate of drug-likeness (QED) is 0.324. The molecule has 0 unspecified atom stereocenters. The molecule has 0 heterocycles. The van der Waals surface area contributed by atoms with Crippen molar-refractivity contribution in [2.45, 2.75) is 27.2 Å². The van der Waals surface area contributed by atoms with E-state index in [0.717, 1.165) is 6.42 Å². The Morgan fingerprint density at radius 2 is 2.00 bits per heavy atom. The van der Waals surface area contributed by atoms with E-state index in [0.29, 0.717) is 5.41 Å². The van der Waals surface area contributed by atoms with Crippen LogP contribution in [0.3, 0.4) is 0 Å². The van der Waals surface area contributed by atoms with Crippen LogP contribution in [0.15, 0.2) is 17.7 Å². The van der Waals surface area contributed by atoms with Crippen LogP contribution in [0.5, 0.6) is 0 Å². The van der Waals surface area contributed by atoms with Crippen LogP contribution in [0.4, 0.5) is 0 Å². The summed E-state index contributed by atoms with van der Waals surface area (Å²) in [6.07, 6.45) is 8.63. The van der Waals surface area contributed by atoms with Crippen LogP contribution in [0.2, 0.25) is 0 Å². The van der Waals surface area contributed by atoms with Crippen molar-refractivity contribution >= 4 is 0 Å². The van der Waals surface area contributed by atoms with E-state index in [9.17, 15) is 0 Å². The van der Waals surface area contributed by atoms with E-state index in [4.69, 9.17) is 0 Å². The molecule has 0 amide bonds. The molecule has 0 saturated heterocycles. The van der Waals surface area contributed by atoms with Gasteiger partial charge in [0, 0.05) is 0 Å². The minimum Gasteiger partial charge on any atom is -0.269 e. The summed E-state index contributed by atoms with van der Waals surface area (Å²) >= 11 is 0. The number of allylic oxidation sites excluding steroid dienone is 4. The second-order valence-electron chi connectivity index (χ2n) is 3.45. The summed E-state index contributed by atoms with van der Waals surface area (Å²) in [5.74, 6) is 0. The van der Waals surface area contributed by atoms with E-state index in [2.05, 4.69) is 39.0 Å². The molecule has 0 nitrogen and oxygen atoms in total. The molecule has 0 aromatic carbocycles. The Balaban J connectivity index is 0.000000810. The molecule has 50 valence electrons. The van der Waals surface area contributed by atoms with Crippen LogP contribution in [0, 0.1) is 11.5 Å². The molecule has 1 heteroatoms. The van der Waals surface area contributed by atoms with Gasteiger partial charge in [-0.3, -0.25) is 6.08 Å². The van der Waals surface area contributed by atoms with Crippen LogP contribution >= 0.6 is 0 Å². The van der Waals surface area contributed by atoms with Gasteiger partial charge in [-0.2, -0.15) is 6.08 Å². The molecule has 0 fully saturated rings. The van der Waals surface area contributed by atoms with Gasteiger partial charge < -0.3 is 0 Å². The maximum atomic E-state index is 3.30. The SMILES string of the molecule is CC(C)(C)C1=[C-]CC=C1.[Na+]. The van der Waals surface area contributed by atoms with Crippen molar-refractivity contribution in [2.75, 3.05) is 0 Å². The van der Waals surface area contributed by atoms with Gasteiger partial charge in [0.15, 0.2) is 0 Å². The maximum absolute atomic E-state index is 3.30. The fourth-order valence-electron chi connectivity index (χ4n) is 0.920. The molecular formula is C9H13Na. The molecule has 0 spiro atoms. The van der Waals surface area contributed by atoms with Crippen molar-refractivity contribution in [1.29, 1.82) is 0 Å². The van der Waals surface area contributed by atoms with Crippen molar-refractivity contribution in [2.24, 2.45) is 5.41 Å². The summed E-state index contributed by atoms with van der Waals surface area (Å²) in [5.41, 5.74) is 1.65. The number of rotatable bonds is 0. The topological polar surface area (TPSA) is 0 Å². The smallest absolute Gasteiger partial charge is 0.269 e. The van der Waals surface area contributed by atoms with Gasteiger partial charge >= 0.3 is 29.6 Å². The van der Waals surface area contributed by atoms with Crippen LogP contribution in [-0.2, 0) is 0 Å². The van der Waals surface area contributed by atoms with Crippen LogP contribution in [-0.4, -0.2) is 0 Å². The van der Waals surface area contributed by atoms with E-state index in [1.54, 1.807) is 0 Å². The third kappa shape index (κ3) is 2.61. The van der Waals surface area contributed by atoms with Crippen LogP contribution in [0.1, 0.15) is 27.2 Å². The van der Waals surface area contributed by atoms with Gasteiger partial charge in [-0.05, 0) is 5.41 Å². The fourth-order valence-corrected chi connectivity index (χ4v) is 0.920. The Bertz CT molecular complexity index is 158. The first-order valence-corrected chi connectivity index (χ1v) is 3.38. The Labute approximate surface area is 85.7 Å². The molecule has 1 aliphatic carbocycles. The summed E-state index contributed by atoms with van der Waals surface area (Å²) < 4.78 is 0. The summed E-state index contributed by atoms with van der Waals surface area (Å²) in [7, 11) is 0. The van der Waals surface area contributed by atoms with Crippen molar-refractivity contribution in [3.63, 3.8) is 0 Å². The van der Waals surface area contributed by atoms with Gasteiger partial charge in [-0.25, -0.2) is 11.6 Å². The van der Waals surface area contributed by atoms with Gasteiger partial charge in [0.1, 0.15) is 0 Å². The Hall–Kier alpha value is 0.480. The summed E-state index contributed by atoms with van der Waals surface area (Å²) in [5, 5.41) is 0. The average Bonchev–Trinajstić information content (AvgIpc) is 2.08. The van der Waals surface area contributed by atoms with E-state index in [-0.39, 0.29) is 29.6 Å². The van der Waals surface area contributed by atoms with Crippen molar-refractivity contribution in [1.82, 2.24) is 0 Å². The number of hydrogen-bond donors (Lipinski definition) is 0. The van der Waals surface area contributed by atoms with Crippen LogP contribution < -0.4 is 29.6 Å². The molecule has 0 bridgehead atoms. The second kappa shape index (κ2) is 3.75. The molecule has 0 aromatic heterocycles. The third-order valence-corrected chi connectivity index (χ3v) is 1.50. The summed E-state index contributed by atoms with van der Waals surface area (Å²) in [6.45, 7) is 6.64. The van der Waals surface area contributed by atoms with Gasteiger partial charge in [0.25, 0.3) is 0 Å². The third-order valence-electron chi connectivity index (χ3n) is 1.50. The molecule has 0 atom stereocenters. The van der Waals surface area contributed by atoms with Crippen molar-refractivity contribution in [3.05, 3.63) is 23.8 Å². The molecule has 1 aliphatic rings. The largest absolute Gasteiger partial charge is 1.00 e. The zero-order chi connectivity index (χ0) is 6.91. The Kier molecular flexibility index (Phi) is 3.93. The second-order valence-corrected chi connectivity index (χ2v) is 3.45. The predicted octanol–water partition coefficient (Wildman–Crippen LogP) is -0.274. The first-order chi connectivity index (χ1) is 4.11. The first-order valence-electron chi connectivity index (χ1n) is 3.38. The molecule has 0 N–H and O–H groups in total. The normalized spacial score (nSPS) is 16.5. The molecule has 1 rings (SSSR count). The van der Waals surface area contributed by atoms with Crippen molar-refractivity contribution < 1.29 is 29.6 Å². The van der Waals surface area contributed by atoms with E-state index >= 15 is 0 Å². The fraction of sp³-hybridized carbons (Fsp3) is 0.556. The average molecular weight is 144 g/mol. The van der Waals surface area contributed by atoms with Crippen LogP contribution in [0.25, 0.3) is 0 Å². The minimum atomic E-state index is 0. The molecule has 0 radical (unpaired) electrons. The maximum Gasteiger partial charge on any atom is 1.00 e. The summed E-state index contributed by atoms with van der Waals surface area (Å²) in [4.78, 5) is 0. The van der Waals surface area contributed by atoms with E-state index in [1.165, 1.54) is 5.57 Å². The Morgan fingerprint density at radius 3 is 2.20 bits per heavy atom. The van der Waals surface area contributed by atoms with Gasteiger partial charge in [0.2, 0.25) is 0 Å². The van der Waals surface area contributed by atoms with E-state index < -0.39 is 0 Å². The van der Waals surface area contributed by atoms with Crippen molar-refractivity contribution in [3.8, 4) is 0 Å². The zero-order valence-electron chi connectivity index (χ0n) is 7.36. The Morgan fingerprint density at radius 1 is 1.40 bits per heavy atom. The zero-order valence-corrected chi connectivity index (χ0v) is 9.36. The summed E-state index contributed by atoms with van der Waals surface area (Å²) in [6, 6.07) is 0. The molecule has 10 heavy (non-hydrogen) atoms. The van der Waals surface area contributed by atoms with E-state index in [1.807, 2.05) is 0 Å². The number of hydrogen-bond acceptors (Lipinski definition) is 0.